The van der Waals surface area contributed by atoms with E-state index < -0.39 is 0 Å². The number of carbonyl (C=O) groups excluding carboxylic acids is 1. The lowest BCUT2D eigenvalue weighted by Gasteiger charge is -2.32. The molecule has 1 N–H and O–H groups in total. The van der Waals surface area contributed by atoms with Gasteiger partial charge < -0.3 is 9.88 Å². The molecule has 1 aliphatic rings. The molecule has 6 nitrogen and oxygen atoms in total. The summed E-state index contributed by atoms with van der Waals surface area (Å²) < 4.78 is 2.04. The van der Waals surface area contributed by atoms with E-state index in [0.29, 0.717) is 6.54 Å². The topological polar surface area (TPSA) is 66.3 Å². The third-order valence-corrected chi connectivity index (χ3v) is 5.97. The van der Waals surface area contributed by atoms with Gasteiger partial charge in [0, 0.05) is 47.4 Å². The number of benzene rings is 1. The zero-order valence-corrected chi connectivity index (χ0v) is 16.1. The van der Waals surface area contributed by atoms with Crippen molar-refractivity contribution >= 4 is 22.5 Å². The number of carbonyl (C=O) groups is 1. The largest absolute Gasteiger partial charge is 0.358 e. The van der Waals surface area contributed by atoms with Crippen LogP contribution in [0.2, 0.25) is 0 Å². The summed E-state index contributed by atoms with van der Waals surface area (Å²) in [4.78, 5) is 18.6. The van der Waals surface area contributed by atoms with Gasteiger partial charge in [0.05, 0.1) is 0 Å². The quantitative estimate of drug-likeness (QED) is 0.580. The number of aryl methyl sites for hydroxylation is 2. The van der Waals surface area contributed by atoms with Gasteiger partial charge in [-0.2, -0.15) is 0 Å². The smallest absolute Gasteiger partial charge is 0.253 e. The van der Waals surface area contributed by atoms with E-state index in [0.717, 1.165) is 53.0 Å². The summed E-state index contributed by atoms with van der Waals surface area (Å²) in [6, 6.07) is 11.9. The molecule has 1 aromatic carbocycles. The number of aromatic nitrogens is 4. The molecule has 3 aromatic heterocycles. The minimum absolute atomic E-state index is 0.0960. The van der Waals surface area contributed by atoms with Crippen molar-refractivity contribution in [3.8, 4) is 0 Å². The van der Waals surface area contributed by atoms with Crippen LogP contribution in [0.4, 0.5) is 0 Å². The summed E-state index contributed by atoms with van der Waals surface area (Å²) in [7, 11) is 0. The Labute approximate surface area is 163 Å². The Morgan fingerprint density at radius 1 is 1.18 bits per heavy atom. The van der Waals surface area contributed by atoms with Gasteiger partial charge in [0.15, 0.2) is 5.65 Å². The lowest BCUT2D eigenvalue weighted by molar-refractivity contribution is 0.0704. The number of hydrogen-bond acceptors (Lipinski definition) is 3. The number of aromatic amines is 1. The van der Waals surface area contributed by atoms with Crippen molar-refractivity contribution < 1.29 is 4.79 Å². The van der Waals surface area contributed by atoms with E-state index in [9.17, 15) is 4.79 Å². The molecular formula is C22H23N5O. The second-order valence-corrected chi connectivity index (χ2v) is 7.71. The molecule has 1 unspecified atom stereocenters. The first-order valence-electron chi connectivity index (χ1n) is 9.79. The van der Waals surface area contributed by atoms with E-state index in [1.807, 2.05) is 51.9 Å². The number of likely N-dealkylation sites (tertiary alicyclic amines) is 1. The summed E-state index contributed by atoms with van der Waals surface area (Å²) >= 11 is 0. The van der Waals surface area contributed by atoms with Gasteiger partial charge >= 0.3 is 0 Å². The number of fused-ring (bicyclic) bond motifs is 2. The number of hydrogen-bond donors (Lipinski definition) is 1. The van der Waals surface area contributed by atoms with Crippen LogP contribution in [-0.4, -0.2) is 43.5 Å². The molecule has 6 heteroatoms. The first-order valence-corrected chi connectivity index (χ1v) is 9.79. The Balaban J connectivity index is 1.43. The number of nitrogens with one attached hydrogen (secondary N) is 1. The Morgan fingerprint density at radius 2 is 2.07 bits per heavy atom. The Hall–Kier alpha value is -3.15. The van der Waals surface area contributed by atoms with E-state index in [1.165, 1.54) is 5.56 Å². The molecule has 1 atom stereocenters. The van der Waals surface area contributed by atoms with E-state index >= 15 is 0 Å². The molecule has 0 aliphatic carbocycles. The minimum Gasteiger partial charge on any atom is -0.358 e. The van der Waals surface area contributed by atoms with Crippen molar-refractivity contribution in [2.45, 2.75) is 32.6 Å². The maximum atomic E-state index is 13.2. The van der Waals surface area contributed by atoms with E-state index in [2.05, 4.69) is 29.0 Å². The molecule has 1 amide bonds. The maximum Gasteiger partial charge on any atom is 0.253 e. The third kappa shape index (κ3) is 2.68. The molecule has 1 aliphatic heterocycles. The Morgan fingerprint density at radius 3 is 2.96 bits per heavy atom. The third-order valence-electron chi connectivity index (χ3n) is 5.97. The molecule has 0 bridgehead atoms. The second kappa shape index (κ2) is 6.48. The Kier molecular flexibility index (Phi) is 3.93. The van der Waals surface area contributed by atoms with Crippen LogP contribution in [0.25, 0.3) is 16.6 Å². The summed E-state index contributed by atoms with van der Waals surface area (Å²) in [5, 5.41) is 9.81. The molecule has 1 fully saturated rings. The van der Waals surface area contributed by atoms with Crippen LogP contribution in [0.5, 0.6) is 0 Å². The number of piperidine rings is 1. The molecule has 4 heterocycles. The molecular weight excluding hydrogens is 350 g/mol. The van der Waals surface area contributed by atoms with Crippen molar-refractivity contribution in [3.05, 3.63) is 65.2 Å². The van der Waals surface area contributed by atoms with E-state index in [4.69, 9.17) is 0 Å². The highest BCUT2D eigenvalue weighted by molar-refractivity contribution is 5.99. The van der Waals surface area contributed by atoms with E-state index in [1.54, 1.807) is 0 Å². The van der Waals surface area contributed by atoms with Crippen LogP contribution in [-0.2, 0) is 0 Å². The predicted octanol–water partition coefficient (Wildman–Crippen LogP) is 3.85. The average Bonchev–Trinajstić information content (AvgIpc) is 3.28. The molecule has 0 spiro atoms. The zero-order chi connectivity index (χ0) is 19.3. The van der Waals surface area contributed by atoms with Gasteiger partial charge in [-0.05, 0) is 62.6 Å². The molecule has 1 saturated heterocycles. The highest BCUT2D eigenvalue weighted by Crippen LogP contribution is 2.28. The van der Waals surface area contributed by atoms with Crippen LogP contribution in [0.15, 0.2) is 42.6 Å². The zero-order valence-electron chi connectivity index (χ0n) is 16.1. The van der Waals surface area contributed by atoms with Crippen molar-refractivity contribution in [2.75, 3.05) is 13.1 Å². The van der Waals surface area contributed by atoms with Gasteiger partial charge in [0.25, 0.3) is 5.91 Å². The fourth-order valence-electron chi connectivity index (χ4n) is 4.29. The molecule has 0 saturated carbocycles. The Bertz CT molecular complexity index is 1190. The van der Waals surface area contributed by atoms with Gasteiger partial charge in [-0.3, -0.25) is 9.20 Å². The summed E-state index contributed by atoms with van der Waals surface area (Å²) in [5.41, 5.74) is 5.04. The fraction of sp³-hybridized carbons (Fsp3) is 0.318. The van der Waals surface area contributed by atoms with Crippen LogP contribution in [0.1, 0.15) is 46.2 Å². The van der Waals surface area contributed by atoms with E-state index in [-0.39, 0.29) is 11.8 Å². The van der Waals surface area contributed by atoms with Gasteiger partial charge in [-0.1, -0.05) is 6.07 Å². The number of amides is 1. The fourth-order valence-corrected chi connectivity index (χ4v) is 4.29. The molecule has 0 radical (unpaired) electrons. The first-order chi connectivity index (χ1) is 13.6. The van der Waals surface area contributed by atoms with Crippen molar-refractivity contribution in [1.82, 2.24) is 24.5 Å². The highest BCUT2D eigenvalue weighted by Gasteiger charge is 2.28. The van der Waals surface area contributed by atoms with Crippen LogP contribution in [0.3, 0.4) is 0 Å². The monoisotopic (exact) mass is 373 g/mol. The SMILES string of the molecule is Cc1[nH]c2ccc(C(=O)N3CCCC(c4nnc5ccccn45)C3)cc2c1C. The normalized spacial score (nSPS) is 17.5. The van der Waals surface area contributed by atoms with Crippen LogP contribution < -0.4 is 0 Å². The lowest BCUT2D eigenvalue weighted by Crippen LogP contribution is -2.39. The summed E-state index contributed by atoms with van der Waals surface area (Å²) in [6.07, 6.45) is 3.99. The predicted molar refractivity (Wildman–Crippen MR) is 109 cm³/mol. The molecule has 142 valence electrons. The van der Waals surface area contributed by atoms with Crippen molar-refractivity contribution in [3.63, 3.8) is 0 Å². The highest BCUT2D eigenvalue weighted by atomic mass is 16.2. The minimum atomic E-state index is 0.0960. The van der Waals surface area contributed by atoms with Gasteiger partial charge in [-0.15, -0.1) is 10.2 Å². The first kappa shape index (κ1) is 17.0. The number of rotatable bonds is 2. The average molecular weight is 373 g/mol. The molecule has 4 aromatic rings. The van der Waals surface area contributed by atoms with Crippen molar-refractivity contribution in [2.24, 2.45) is 0 Å². The number of nitrogens with zero attached hydrogens (tertiary/aromatic N) is 4. The summed E-state index contributed by atoms with van der Waals surface area (Å²) in [5.74, 6) is 1.24. The van der Waals surface area contributed by atoms with Gasteiger partial charge in [-0.25, -0.2) is 0 Å². The van der Waals surface area contributed by atoms with Crippen molar-refractivity contribution in [1.29, 1.82) is 0 Å². The standard InChI is InChI=1S/C22H23N5O/c1-14-15(2)23-19-9-8-16(12-18(14)19)22(28)26-10-5-6-17(13-26)21-25-24-20-7-3-4-11-27(20)21/h3-4,7-9,11-12,17,23H,5-6,10,13H2,1-2H3. The summed E-state index contributed by atoms with van der Waals surface area (Å²) in [6.45, 7) is 5.62. The maximum absolute atomic E-state index is 13.2. The van der Waals surface area contributed by atoms with Gasteiger partial charge in [0.1, 0.15) is 5.82 Å². The number of H-pyrrole nitrogens is 1. The second-order valence-electron chi connectivity index (χ2n) is 7.71. The number of pyridine rings is 1. The van der Waals surface area contributed by atoms with Crippen LogP contribution >= 0.6 is 0 Å². The lowest BCUT2D eigenvalue weighted by atomic mass is 9.96. The molecule has 5 rings (SSSR count). The molecule has 28 heavy (non-hydrogen) atoms. The van der Waals surface area contributed by atoms with Gasteiger partial charge in [0.2, 0.25) is 0 Å². The van der Waals surface area contributed by atoms with Crippen LogP contribution in [0, 0.1) is 13.8 Å².